The summed E-state index contributed by atoms with van der Waals surface area (Å²) in [6.45, 7) is 7.00. The SMILES string of the molecule is C=CCNC(=O)NC(=O)C(C)OC(=O)c1ccc(N2CCCCCC2)nc1. The second kappa shape index (κ2) is 10.3. The van der Waals surface area contributed by atoms with Crippen molar-refractivity contribution in [1.82, 2.24) is 15.6 Å². The number of carbonyl (C=O) groups excluding carboxylic acids is 3. The van der Waals surface area contributed by atoms with E-state index in [0.29, 0.717) is 0 Å². The van der Waals surface area contributed by atoms with Crippen molar-refractivity contribution >= 4 is 23.7 Å². The zero-order valence-electron chi connectivity index (χ0n) is 15.6. The van der Waals surface area contributed by atoms with E-state index < -0.39 is 24.0 Å². The third kappa shape index (κ3) is 6.40. The molecule has 0 radical (unpaired) electrons. The van der Waals surface area contributed by atoms with Gasteiger partial charge in [-0.2, -0.15) is 0 Å². The summed E-state index contributed by atoms with van der Waals surface area (Å²) < 4.78 is 5.10. The van der Waals surface area contributed by atoms with E-state index in [-0.39, 0.29) is 12.1 Å². The van der Waals surface area contributed by atoms with Crippen molar-refractivity contribution in [3.63, 3.8) is 0 Å². The molecule has 0 bridgehead atoms. The van der Waals surface area contributed by atoms with Crippen LogP contribution in [0.4, 0.5) is 10.6 Å². The van der Waals surface area contributed by atoms with Gasteiger partial charge < -0.3 is 15.0 Å². The van der Waals surface area contributed by atoms with Gasteiger partial charge in [-0.05, 0) is 31.9 Å². The number of amides is 3. The monoisotopic (exact) mass is 374 g/mol. The first-order chi connectivity index (χ1) is 13.0. The molecular formula is C19H26N4O4. The first-order valence-corrected chi connectivity index (χ1v) is 9.13. The van der Waals surface area contributed by atoms with Crippen LogP contribution in [0.5, 0.6) is 0 Å². The van der Waals surface area contributed by atoms with Crippen LogP contribution in [-0.4, -0.2) is 48.6 Å². The summed E-state index contributed by atoms with van der Waals surface area (Å²) in [6.07, 6.45) is 6.55. The Bertz CT molecular complexity index is 667. The largest absolute Gasteiger partial charge is 0.449 e. The van der Waals surface area contributed by atoms with E-state index in [4.69, 9.17) is 4.74 Å². The number of rotatable bonds is 6. The summed E-state index contributed by atoms with van der Waals surface area (Å²) in [5, 5.41) is 4.49. The number of hydrogen-bond donors (Lipinski definition) is 2. The zero-order valence-corrected chi connectivity index (χ0v) is 15.6. The second-order valence-corrected chi connectivity index (χ2v) is 6.34. The van der Waals surface area contributed by atoms with Gasteiger partial charge in [0, 0.05) is 25.8 Å². The van der Waals surface area contributed by atoms with Gasteiger partial charge in [0.05, 0.1) is 5.56 Å². The van der Waals surface area contributed by atoms with Crippen LogP contribution in [0, 0.1) is 0 Å². The summed E-state index contributed by atoms with van der Waals surface area (Å²) in [6, 6.07) is 2.75. The summed E-state index contributed by atoms with van der Waals surface area (Å²) in [4.78, 5) is 42.1. The highest BCUT2D eigenvalue weighted by Crippen LogP contribution is 2.17. The highest BCUT2D eigenvalue weighted by Gasteiger charge is 2.21. The molecule has 1 aromatic heterocycles. The standard InChI is InChI=1S/C19H26N4O4/c1-3-10-20-19(26)22-17(24)14(2)27-18(25)15-8-9-16(21-13-15)23-11-6-4-5-7-12-23/h3,8-9,13-14H,1,4-7,10-12H2,2H3,(H2,20,22,24,26). The van der Waals surface area contributed by atoms with E-state index in [9.17, 15) is 14.4 Å². The van der Waals surface area contributed by atoms with Gasteiger partial charge in [-0.15, -0.1) is 6.58 Å². The third-order valence-corrected chi connectivity index (χ3v) is 4.21. The van der Waals surface area contributed by atoms with Gasteiger partial charge in [-0.25, -0.2) is 14.6 Å². The molecule has 1 fully saturated rings. The van der Waals surface area contributed by atoms with Gasteiger partial charge >= 0.3 is 12.0 Å². The second-order valence-electron chi connectivity index (χ2n) is 6.34. The lowest BCUT2D eigenvalue weighted by Crippen LogP contribution is -2.44. The van der Waals surface area contributed by atoms with E-state index in [2.05, 4.69) is 27.1 Å². The summed E-state index contributed by atoms with van der Waals surface area (Å²) in [7, 11) is 0. The maximum absolute atomic E-state index is 12.2. The molecule has 146 valence electrons. The molecule has 1 saturated heterocycles. The van der Waals surface area contributed by atoms with Crippen molar-refractivity contribution in [2.75, 3.05) is 24.5 Å². The smallest absolute Gasteiger partial charge is 0.340 e. The molecule has 8 nitrogen and oxygen atoms in total. The Morgan fingerprint density at radius 3 is 2.56 bits per heavy atom. The van der Waals surface area contributed by atoms with Gasteiger partial charge in [0.25, 0.3) is 5.91 Å². The van der Waals surface area contributed by atoms with Crippen LogP contribution in [0.3, 0.4) is 0 Å². The molecule has 1 aliphatic heterocycles. The van der Waals surface area contributed by atoms with Crippen LogP contribution < -0.4 is 15.5 Å². The van der Waals surface area contributed by atoms with E-state index >= 15 is 0 Å². The molecule has 1 unspecified atom stereocenters. The Labute approximate surface area is 159 Å². The number of anilines is 1. The molecule has 1 aliphatic rings. The predicted octanol–water partition coefficient (Wildman–Crippen LogP) is 2.02. The van der Waals surface area contributed by atoms with Crippen LogP contribution in [0.25, 0.3) is 0 Å². The van der Waals surface area contributed by atoms with Crippen LogP contribution >= 0.6 is 0 Å². The average molecular weight is 374 g/mol. The number of nitrogens with zero attached hydrogens (tertiary/aromatic N) is 2. The van der Waals surface area contributed by atoms with Crippen molar-refractivity contribution in [2.45, 2.75) is 38.7 Å². The van der Waals surface area contributed by atoms with Crippen LogP contribution in [0.2, 0.25) is 0 Å². The van der Waals surface area contributed by atoms with Crippen molar-refractivity contribution in [3.8, 4) is 0 Å². The maximum atomic E-state index is 12.2. The van der Waals surface area contributed by atoms with Crippen molar-refractivity contribution < 1.29 is 19.1 Å². The molecular weight excluding hydrogens is 348 g/mol. The van der Waals surface area contributed by atoms with Crippen molar-refractivity contribution in [1.29, 1.82) is 0 Å². The minimum atomic E-state index is -1.11. The summed E-state index contributed by atoms with van der Waals surface area (Å²) in [5.41, 5.74) is 0.254. The number of ether oxygens (including phenoxy) is 1. The van der Waals surface area contributed by atoms with Gasteiger partial charge in [-0.3, -0.25) is 10.1 Å². The Hall–Kier alpha value is -2.90. The van der Waals surface area contributed by atoms with E-state index in [1.807, 2.05) is 0 Å². The quantitative estimate of drug-likeness (QED) is 0.584. The Morgan fingerprint density at radius 2 is 1.96 bits per heavy atom. The topological polar surface area (TPSA) is 101 Å². The van der Waals surface area contributed by atoms with Gasteiger partial charge in [0.1, 0.15) is 5.82 Å². The Morgan fingerprint density at radius 1 is 1.26 bits per heavy atom. The normalized spacial score (nSPS) is 15.2. The summed E-state index contributed by atoms with van der Waals surface area (Å²) in [5.74, 6) is -0.545. The summed E-state index contributed by atoms with van der Waals surface area (Å²) >= 11 is 0. The fraction of sp³-hybridized carbons (Fsp3) is 0.474. The van der Waals surface area contributed by atoms with Gasteiger partial charge in [0.2, 0.25) is 0 Å². The molecule has 1 atom stereocenters. The van der Waals surface area contributed by atoms with Crippen LogP contribution in [0.15, 0.2) is 31.0 Å². The molecule has 0 aliphatic carbocycles. The van der Waals surface area contributed by atoms with Crippen LogP contribution in [-0.2, 0) is 9.53 Å². The molecule has 0 spiro atoms. The molecule has 8 heteroatoms. The first-order valence-electron chi connectivity index (χ1n) is 9.13. The van der Waals surface area contributed by atoms with Gasteiger partial charge in [0.15, 0.2) is 6.10 Å². The van der Waals surface area contributed by atoms with Crippen molar-refractivity contribution in [3.05, 3.63) is 36.5 Å². The van der Waals surface area contributed by atoms with Gasteiger partial charge in [-0.1, -0.05) is 18.9 Å². The number of esters is 1. The number of nitrogens with one attached hydrogen (secondary N) is 2. The first kappa shape index (κ1) is 20.4. The lowest BCUT2D eigenvalue weighted by molar-refractivity contribution is -0.127. The fourth-order valence-corrected chi connectivity index (χ4v) is 2.70. The number of carbonyl (C=O) groups is 3. The predicted molar refractivity (Wildman–Crippen MR) is 102 cm³/mol. The zero-order chi connectivity index (χ0) is 19.6. The molecule has 3 amide bonds. The Kier molecular flexibility index (Phi) is 7.79. The highest BCUT2D eigenvalue weighted by molar-refractivity contribution is 5.98. The lowest BCUT2D eigenvalue weighted by Gasteiger charge is -2.21. The number of aromatic nitrogens is 1. The van der Waals surface area contributed by atoms with E-state index in [1.165, 1.54) is 32.0 Å². The number of urea groups is 1. The Balaban J connectivity index is 1.88. The molecule has 0 aromatic carbocycles. The molecule has 0 saturated carbocycles. The van der Waals surface area contributed by atoms with Crippen molar-refractivity contribution in [2.24, 2.45) is 0 Å². The van der Waals surface area contributed by atoms with E-state index in [0.717, 1.165) is 31.7 Å². The molecule has 2 rings (SSSR count). The maximum Gasteiger partial charge on any atom is 0.340 e. The number of hydrogen-bond acceptors (Lipinski definition) is 6. The highest BCUT2D eigenvalue weighted by atomic mass is 16.5. The molecule has 2 heterocycles. The minimum absolute atomic E-state index is 0.225. The lowest BCUT2D eigenvalue weighted by atomic mass is 10.2. The molecule has 1 aromatic rings. The minimum Gasteiger partial charge on any atom is -0.449 e. The van der Waals surface area contributed by atoms with Crippen LogP contribution in [0.1, 0.15) is 43.0 Å². The number of imide groups is 1. The molecule has 27 heavy (non-hydrogen) atoms. The third-order valence-electron chi connectivity index (χ3n) is 4.21. The van der Waals surface area contributed by atoms with E-state index in [1.54, 1.807) is 12.1 Å². The number of pyridine rings is 1. The average Bonchev–Trinajstić information content (AvgIpc) is 2.95. The fourth-order valence-electron chi connectivity index (χ4n) is 2.70. The molecule has 2 N–H and O–H groups in total.